The maximum Gasteiger partial charge on any atom is 0.316 e. The molecule has 0 aliphatic heterocycles. The van der Waals surface area contributed by atoms with Gasteiger partial charge in [0.15, 0.2) is 0 Å². The Bertz CT molecular complexity index is 274. The summed E-state index contributed by atoms with van der Waals surface area (Å²) in [6.07, 6.45) is 3.22. The zero-order valence-electron chi connectivity index (χ0n) is 7.73. The molecule has 0 fully saturated rings. The Labute approximate surface area is 77.0 Å². The summed E-state index contributed by atoms with van der Waals surface area (Å²) >= 11 is 0. The van der Waals surface area contributed by atoms with E-state index >= 15 is 0 Å². The van der Waals surface area contributed by atoms with Crippen LogP contribution in [-0.4, -0.2) is 22.5 Å². The van der Waals surface area contributed by atoms with Crippen LogP contribution in [0, 0.1) is 0 Å². The first-order valence-corrected chi connectivity index (χ1v) is 4.19. The fourth-order valence-electron chi connectivity index (χ4n) is 0.907. The maximum absolute atomic E-state index is 11.2. The Morgan fingerprint density at radius 3 is 2.69 bits per heavy atom. The predicted molar refractivity (Wildman–Crippen MR) is 47.1 cm³/mol. The van der Waals surface area contributed by atoms with Gasteiger partial charge in [-0.3, -0.25) is 4.79 Å². The van der Waals surface area contributed by atoms with E-state index in [2.05, 4.69) is 9.97 Å². The first-order chi connectivity index (χ1) is 6.25. The zero-order valence-corrected chi connectivity index (χ0v) is 7.73. The Hall–Kier alpha value is -1.45. The molecule has 70 valence electrons. The monoisotopic (exact) mass is 180 g/mol. The molecule has 1 unspecified atom stereocenters. The van der Waals surface area contributed by atoms with Gasteiger partial charge in [0.1, 0.15) is 11.7 Å². The molecule has 0 amide bonds. The number of aromatic nitrogens is 2. The molecule has 0 radical (unpaired) electrons. The fraction of sp³-hybridized carbons (Fsp3) is 0.444. The third-order valence-electron chi connectivity index (χ3n) is 1.61. The Balaban J connectivity index is 2.68. The summed E-state index contributed by atoms with van der Waals surface area (Å²) < 4.78 is 4.84. The van der Waals surface area contributed by atoms with Gasteiger partial charge < -0.3 is 4.74 Å². The molecule has 4 heteroatoms. The van der Waals surface area contributed by atoms with Crippen LogP contribution in [0.4, 0.5) is 0 Å². The van der Waals surface area contributed by atoms with E-state index in [-0.39, 0.29) is 11.9 Å². The van der Waals surface area contributed by atoms with E-state index in [1.165, 1.54) is 0 Å². The summed E-state index contributed by atoms with van der Waals surface area (Å²) in [6, 6.07) is 1.71. The number of carbonyl (C=O) groups excluding carboxylic acids is 1. The molecule has 4 nitrogen and oxygen atoms in total. The lowest BCUT2D eigenvalue weighted by atomic mass is 10.2. The largest absolute Gasteiger partial charge is 0.465 e. The lowest BCUT2D eigenvalue weighted by molar-refractivity contribution is -0.144. The van der Waals surface area contributed by atoms with E-state index in [4.69, 9.17) is 4.74 Å². The maximum atomic E-state index is 11.2. The van der Waals surface area contributed by atoms with E-state index in [1.807, 2.05) is 0 Å². The van der Waals surface area contributed by atoms with Crippen molar-refractivity contribution in [3.63, 3.8) is 0 Å². The number of nitrogens with zero attached hydrogens (tertiary/aromatic N) is 2. The summed E-state index contributed by atoms with van der Waals surface area (Å²) in [5.41, 5.74) is 0. The highest BCUT2D eigenvalue weighted by atomic mass is 16.5. The SMILES string of the molecule is CCOC(=O)C(C)c1ncccn1. The minimum Gasteiger partial charge on any atom is -0.465 e. The molecule has 0 N–H and O–H groups in total. The van der Waals surface area contributed by atoms with Gasteiger partial charge in [-0.2, -0.15) is 0 Å². The average molecular weight is 180 g/mol. The van der Waals surface area contributed by atoms with E-state index < -0.39 is 0 Å². The molecule has 1 rings (SSSR count). The molecule has 0 bridgehead atoms. The second-order valence-corrected chi connectivity index (χ2v) is 2.58. The molecule has 0 saturated heterocycles. The van der Waals surface area contributed by atoms with Crippen molar-refractivity contribution in [2.75, 3.05) is 6.61 Å². The van der Waals surface area contributed by atoms with Crippen molar-refractivity contribution in [2.45, 2.75) is 19.8 Å². The van der Waals surface area contributed by atoms with Crippen molar-refractivity contribution in [2.24, 2.45) is 0 Å². The molecule has 0 saturated carbocycles. The van der Waals surface area contributed by atoms with E-state index in [9.17, 15) is 4.79 Å². The number of esters is 1. The normalized spacial score (nSPS) is 12.2. The Morgan fingerprint density at radius 1 is 1.54 bits per heavy atom. The van der Waals surface area contributed by atoms with Crippen LogP contribution in [-0.2, 0) is 9.53 Å². The zero-order chi connectivity index (χ0) is 9.68. The van der Waals surface area contributed by atoms with Crippen molar-refractivity contribution in [1.29, 1.82) is 0 Å². The predicted octanol–water partition coefficient (Wildman–Crippen LogP) is 1.14. The van der Waals surface area contributed by atoms with Crippen LogP contribution >= 0.6 is 0 Å². The number of hydrogen-bond acceptors (Lipinski definition) is 4. The number of hydrogen-bond donors (Lipinski definition) is 0. The van der Waals surface area contributed by atoms with Crippen LogP contribution in [0.1, 0.15) is 25.6 Å². The van der Waals surface area contributed by atoms with Crippen LogP contribution in [0.25, 0.3) is 0 Å². The highest BCUT2D eigenvalue weighted by molar-refractivity contribution is 5.76. The van der Waals surface area contributed by atoms with Crippen LogP contribution in [0.5, 0.6) is 0 Å². The van der Waals surface area contributed by atoms with Gasteiger partial charge in [0.25, 0.3) is 0 Å². The second kappa shape index (κ2) is 4.54. The van der Waals surface area contributed by atoms with Gasteiger partial charge in [-0.05, 0) is 19.9 Å². The molecule has 0 aliphatic rings. The average Bonchev–Trinajstić information content (AvgIpc) is 2.18. The summed E-state index contributed by atoms with van der Waals surface area (Å²) in [6.45, 7) is 3.89. The fourth-order valence-corrected chi connectivity index (χ4v) is 0.907. The van der Waals surface area contributed by atoms with Gasteiger partial charge in [0.2, 0.25) is 0 Å². The van der Waals surface area contributed by atoms with Crippen molar-refractivity contribution < 1.29 is 9.53 Å². The molecule has 0 aromatic carbocycles. The van der Waals surface area contributed by atoms with Gasteiger partial charge >= 0.3 is 5.97 Å². The summed E-state index contributed by atoms with van der Waals surface area (Å²) in [5.74, 6) is -0.171. The van der Waals surface area contributed by atoms with E-state index in [0.717, 1.165) is 0 Å². The Kier molecular flexibility index (Phi) is 3.37. The highest BCUT2D eigenvalue weighted by Gasteiger charge is 2.18. The van der Waals surface area contributed by atoms with Crippen molar-refractivity contribution >= 4 is 5.97 Å². The molecule has 1 aromatic rings. The second-order valence-electron chi connectivity index (χ2n) is 2.58. The van der Waals surface area contributed by atoms with Crippen LogP contribution < -0.4 is 0 Å². The summed E-state index contributed by atoms with van der Waals surface area (Å²) in [4.78, 5) is 19.2. The van der Waals surface area contributed by atoms with Gasteiger partial charge in [0, 0.05) is 12.4 Å². The van der Waals surface area contributed by atoms with Gasteiger partial charge in [-0.1, -0.05) is 0 Å². The lowest BCUT2D eigenvalue weighted by Gasteiger charge is -2.07. The smallest absolute Gasteiger partial charge is 0.316 e. The van der Waals surface area contributed by atoms with Crippen molar-refractivity contribution in [3.05, 3.63) is 24.3 Å². The first-order valence-electron chi connectivity index (χ1n) is 4.19. The third-order valence-corrected chi connectivity index (χ3v) is 1.61. The van der Waals surface area contributed by atoms with Crippen LogP contribution in [0.15, 0.2) is 18.5 Å². The van der Waals surface area contributed by atoms with Crippen molar-refractivity contribution in [3.8, 4) is 0 Å². The highest BCUT2D eigenvalue weighted by Crippen LogP contribution is 2.10. The first kappa shape index (κ1) is 9.64. The molecule has 13 heavy (non-hydrogen) atoms. The lowest BCUT2D eigenvalue weighted by Crippen LogP contribution is -2.15. The third kappa shape index (κ3) is 2.50. The number of rotatable bonds is 3. The topological polar surface area (TPSA) is 52.1 Å². The molecule has 0 aliphatic carbocycles. The van der Waals surface area contributed by atoms with Gasteiger partial charge in [-0.25, -0.2) is 9.97 Å². The number of ether oxygens (including phenoxy) is 1. The van der Waals surface area contributed by atoms with Crippen LogP contribution in [0.3, 0.4) is 0 Å². The summed E-state index contributed by atoms with van der Waals surface area (Å²) in [7, 11) is 0. The molecular weight excluding hydrogens is 168 g/mol. The van der Waals surface area contributed by atoms with Gasteiger partial charge in [0.05, 0.1) is 6.61 Å². The van der Waals surface area contributed by atoms with Gasteiger partial charge in [-0.15, -0.1) is 0 Å². The van der Waals surface area contributed by atoms with Crippen LogP contribution in [0.2, 0.25) is 0 Å². The Morgan fingerprint density at radius 2 is 2.15 bits per heavy atom. The molecule has 1 atom stereocenters. The van der Waals surface area contributed by atoms with E-state index in [0.29, 0.717) is 12.4 Å². The molecular formula is C9H12N2O2. The van der Waals surface area contributed by atoms with Crippen molar-refractivity contribution in [1.82, 2.24) is 9.97 Å². The number of carbonyl (C=O) groups is 1. The van der Waals surface area contributed by atoms with E-state index in [1.54, 1.807) is 32.3 Å². The minimum absolute atomic E-state index is 0.284. The summed E-state index contributed by atoms with van der Waals surface area (Å²) in [5, 5.41) is 0. The minimum atomic E-state index is -0.388. The quantitative estimate of drug-likeness (QED) is 0.654. The molecule has 0 spiro atoms. The standard InChI is InChI=1S/C9H12N2O2/c1-3-13-9(12)7(2)8-10-5-4-6-11-8/h4-7H,3H2,1-2H3. The molecule has 1 heterocycles. The molecule has 1 aromatic heterocycles.